The van der Waals surface area contributed by atoms with Crippen molar-refractivity contribution in [3.8, 4) is 0 Å². The lowest BCUT2D eigenvalue weighted by Crippen LogP contribution is -2.41. The number of hydrogen-bond donors (Lipinski definition) is 0. The minimum Gasteiger partial charge on any atom is -0.299 e. The predicted molar refractivity (Wildman–Crippen MR) is 93.2 cm³/mol. The Morgan fingerprint density at radius 2 is 1.87 bits per heavy atom. The van der Waals surface area contributed by atoms with Crippen molar-refractivity contribution in [2.75, 3.05) is 13.1 Å². The van der Waals surface area contributed by atoms with E-state index in [1.165, 1.54) is 16.7 Å². The van der Waals surface area contributed by atoms with Crippen LogP contribution >= 0.6 is 0 Å². The van der Waals surface area contributed by atoms with Gasteiger partial charge in [0, 0.05) is 18.0 Å². The molecule has 3 rings (SSSR count). The molecule has 0 amide bonds. The van der Waals surface area contributed by atoms with Crippen LogP contribution in [0.4, 0.5) is 0 Å². The molecule has 0 N–H and O–H groups in total. The molecule has 1 fully saturated rings. The van der Waals surface area contributed by atoms with Gasteiger partial charge in [-0.15, -0.1) is 0 Å². The Labute approximate surface area is 137 Å². The van der Waals surface area contributed by atoms with E-state index in [2.05, 4.69) is 70.4 Å². The minimum absolute atomic E-state index is 0.00133. The molecular weight excluding hydrogens is 284 g/mol. The van der Waals surface area contributed by atoms with Crippen molar-refractivity contribution in [1.29, 1.82) is 0 Å². The average molecular weight is 306 g/mol. The molecular formula is C19H22N4. The number of piperidine rings is 1. The highest BCUT2D eigenvalue weighted by Crippen LogP contribution is 2.33. The maximum absolute atomic E-state index is 8.97. The van der Waals surface area contributed by atoms with Crippen molar-refractivity contribution in [3.63, 3.8) is 0 Å². The van der Waals surface area contributed by atoms with Crippen LogP contribution in [0, 0.1) is 6.92 Å². The smallest absolute Gasteiger partial charge is 0.0570 e. The number of benzene rings is 2. The SMILES string of the molecule is Cc1ccccc1[C@@H]1CCN(Cc2ccccc2)C[C@@H]1N=[N+]=[N-]. The molecule has 2 aromatic carbocycles. The van der Waals surface area contributed by atoms with Gasteiger partial charge in [-0.25, -0.2) is 0 Å². The lowest BCUT2D eigenvalue weighted by atomic mass is 9.83. The van der Waals surface area contributed by atoms with E-state index >= 15 is 0 Å². The normalized spacial score (nSPS) is 21.6. The van der Waals surface area contributed by atoms with Crippen LogP contribution in [-0.4, -0.2) is 24.0 Å². The van der Waals surface area contributed by atoms with Crippen LogP contribution in [0.5, 0.6) is 0 Å². The summed E-state index contributed by atoms with van der Waals surface area (Å²) < 4.78 is 0. The van der Waals surface area contributed by atoms with Crippen molar-refractivity contribution in [3.05, 3.63) is 81.7 Å². The van der Waals surface area contributed by atoms with Crippen LogP contribution in [-0.2, 0) is 6.54 Å². The molecule has 4 nitrogen and oxygen atoms in total. The molecule has 0 radical (unpaired) electrons. The van der Waals surface area contributed by atoms with Crippen LogP contribution < -0.4 is 0 Å². The van der Waals surface area contributed by atoms with Crippen LogP contribution in [0.2, 0.25) is 0 Å². The first-order valence-corrected chi connectivity index (χ1v) is 8.14. The second-order valence-electron chi connectivity index (χ2n) is 6.24. The Bertz CT molecular complexity index is 692. The number of azide groups is 1. The molecule has 4 heteroatoms. The molecule has 0 bridgehead atoms. The van der Waals surface area contributed by atoms with E-state index in [4.69, 9.17) is 5.53 Å². The topological polar surface area (TPSA) is 52.0 Å². The van der Waals surface area contributed by atoms with Crippen LogP contribution in [0.1, 0.15) is 29.0 Å². The van der Waals surface area contributed by atoms with Crippen molar-refractivity contribution < 1.29 is 0 Å². The Balaban J connectivity index is 1.76. The first-order valence-electron chi connectivity index (χ1n) is 8.14. The zero-order valence-corrected chi connectivity index (χ0v) is 13.5. The van der Waals surface area contributed by atoms with Gasteiger partial charge in [-0.05, 0) is 48.0 Å². The second-order valence-corrected chi connectivity index (χ2v) is 6.24. The summed E-state index contributed by atoms with van der Waals surface area (Å²) in [6.45, 7) is 4.90. The summed E-state index contributed by atoms with van der Waals surface area (Å²) in [7, 11) is 0. The summed E-state index contributed by atoms with van der Waals surface area (Å²) in [4.78, 5) is 5.50. The van der Waals surface area contributed by atoms with E-state index in [9.17, 15) is 0 Å². The van der Waals surface area contributed by atoms with Gasteiger partial charge < -0.3 is 0 Å². The zero-order chi connectivity index (χ0) is 16.1. The molecule has 0 spiro atoms. The van der Waals surface area contributed by atoms with Gasteiger partial charge in [0.15, 0.2) is 0 Å². The molecule has 23 heavy (non-hydrogen) atoms. The van der Waals surface area contributed by atoms with E-state index < -0.39 is 0 Å². The van der Waals surface area contributed by atoms with Gasteiger partial charge in [-0.3, -0.25) is 4.90 Å². The van der Waals surface area contributed by atoms with E-state index in [-0.39, 0.29) is 6.04 Å². The summed E-state index contributed by atoms with van der Waals surface area (Å²) >= 11 is 0. The van der Waals surface area contributed by atoms with Gasteiger partial charge in [0.1, 0.15) is 0 Å². The van der Waals surface area contributed by atoms with Crippen molar-refractivity contribution in [2.45, 2.75) is 31.8 Å². The van der Waals surface area contributed by atoms with E-state index in [0.29, 0.717) is 5.92 Å². The fourth-order valence-corrected chi connectivity index (χ4v) is 3.53. The van der Waals surface area contributed by atoms with Crippen LogP contribution in [0.15, 0.2) is 59.7 Å². The molecule has 1 saturated heterocycles. The summed E-state index contributed by atoms with van der Waals surface area (Å²) in [5, 5.41) is 4.11. The Kier molecular flexibility index (Phi) is 4.96. The van der Waals surface area contributed by atoms with Gasteiger partial charge in [0.25, 0.3) is 0 Å². The van der Waals surface area contributed by atoms with Gasteiger partial charge in [-0.2, -0.15) is 0 Å². The summed E-state index contributed by atoms with van der Waals surface area (Å²) in [5.74, 6) is 0.319. The minimum atomic E-state index is -0.00133. The maximum atomic E-state index is 8.97. The predicted octanol–water partition coefficient (Wildman–Crippen LogP) is 4.66. The monoisotopic (exact) mass is 306 g/mol. The largest absolute Gasteiger partial charge is 0.299 e. The third-order valence-electron chi connectivity index (χ3n) is 4.70. The molecule has 0 saturated carbocycles. The maximum Gasteiger partial charge on any atom is 0.0570 e. The number of hydrogen-bond acceptors (Lipinski definition) is 2. The molecule has 118 valence electrons. The van der Waals surface area contributed by atoms with E-state index in [1.54, 1.807) is 0 Å². The highest BCUT2D eigenvalue weighted by atomic mass is 15.2. The summed E-state index contributed by atoms with van der Waals surface area (Å²) in [6.07, 6.45) is 1.03. The second kappa shape index (κ2) is 7.32. The average Bonchev–Trinajstić information content (AvgIpc) is 2.57. The lowest BCUT2D eigenvalue weighted by molar-refractivity contribution is 0.183. The molecule has 1 aliphatic rings. The Morgan fingerprint density at radius 3 is 2.61 bits per heavy atom. The van der Waals surface area contributed by atoms with Gasteiger partial charge in [0.2, 0.25) is 0 Å². The zero-order valence-electron chi connectivity index (χ0n) is 13.5. The van der Waals surface area contributed by atoms with Crippen molar-refractivity contribution in [2.24, 2.45) is 5.11 Å². The number of nitrogens with zero attached hydrogens (tertiary/aromatic N) is 4. The van der Waals surface area contributed by atoms with Gasteiger partial charge >= 0.3 is 0 Å². The highest BCUT2D eigenvalue weighted by molar-refractivity contribution is 5.31. The third kappa shape index (κ3) is 3.73. The molecule has 2 aromatic rings. The third-order valence-corrected chi connectivity index (χ3v) is 4.70. The Morgan fingerprint density at radius 1 is 1.13 bits per heavy atom. The first-order chi connectivity index (χ1) is 11.3. The molecule has 1 aliphatic heterocycles. The van der Waals surface area contributed by atoms with Crippen molar-refractivity contribution in [1.82, 2.24) is 4.90 Å². The standard InChI is InChI=1S/C19H22N4/c1-15-7-5-6-10-17(15)18-11-12-23(14-19(18)21-22-20)13-16-8-3-2-4-9-16/h2-10,18-19H,11-14H2,1H3/t18-,19-/m0/s1. The molecule has 0 aromatic heterocycles. The van der Waals surface area contributed by atoms with Crippen molar-refractivity contribution >= 4 is 0 Å². The highest BCUT2D eigenvalue weighted by Gasteiger charge is 2.30. The molecule has 1 heterocycles. The quantitative estimate of drug-likeness (QED) is 0.460. The lowest BCUT2D eigenvalue weighted by Gasteiger charge is -2.37. The first kappa shape index (κ1) is 15.6. The summed E-state index contributed by atoms with van der Waals surface area (Å²) in [6, 6.07) is 18.9. The van der Waals surface area contributed by atoms with Gasteiger partial charge in [-0.1, -0.05) is 59.7 Å². The number of aryl methyl sites for hydroxylation is 1. The number of likely N-dealkylation sites (tertiary alicyclic amines) is 1. The summed E-state index contributed by atoms with van der Waals surface area (Å²) in [5.41, 5.74) is 12.9. The Hall–Kier alpha value is -2.29. The van der Waals surface area contributed by atoms with Crippen LogP contribution in [0.3, 0.4) is 0 Å². The van der Waals surface area contributed by atoms with E-state index in [1.807, 2.05) is 6.07 Å². The fraction of sp³-hybridized carbons (Fsp3) is 0.368. The molecule has 0 unspecified atom stereocenters. The fourth-order valence-electron chi connectivity index (χ4n) is 3.53. The molecule has 2 atom stereocenters. The molecule has 0 aliphatic carbocycles. The van der Waals surface area contributed by atoms with Gasteiger partial charge in [0.05, 0.1) is 6.04 Å². The number of rotatable bonds is 4. The van der Waals surface area contributed by atoms with E-state index in [0.717, 1.165) is 26.1 Å². The van der Waals surface area contributed by atoms with Crippen LogP contribution in [0.25, 0.3) is 10.4 Å².